The molecule has 2 aromatic carbocycles. The van der Waals surface area contributed by atoms with Gasteiger partial charge in [0.05, 0.1) is 31.0 Å². The van der Waals surface area contributed by atoms with Gasteiger partial charge in [0.1, 0.15) is 6.04 Å². The van der Waals surface area contributed by atoms with Crippen molar-refractivity contribution in [2.24, 2.45) is 11.7 Å². The van der Waals surface area contributed by atoms with Crippen LogP contribution in [0.3, 0.4) is 0 Å². The van der Waals surface area contributed by atoms with Crippen LogP contribution in [0.15, 0.2) is 60.7 Å². The van der Waals surface area contributed by atoms with Crippen molar-refractivity contribution in [3.63, 3.8) is 0 Å². The van der Waals surface area contributed by atoms with Crippen LogP contribution in [0.5, 0.6) is 0 Å². The van der Waals surface area contributed by atoms with Gasteiger partial charge in [-0.25, -0.2) is 0 Å². The number of hydrogen-bond acceptors (Lipinski definition) is 6. The Labute approximate surface area is 193 Å². The van der Waals surface area contributed by atoms with Crippen molar-refractivity contribution in [1.82, 2.24) is 5.32 Å². The Morgan fingerprint density at radius 2 is 1.36 bits per heavy atom. The fourth-order valence-electron chi connectivity index (χ4n) is 3.61. The lowest BCUT2D eigenvalue weighted by molar-refractivity contribution is -0.157. The predicted molar refractivity (Wildman–Crippen MR) is 122 cm³/mol. The van der Waals surface area contributed by atoms with Crippen LogP contribution in [0.2, 0.25) is 0 Å². The highest BCUT2D eigenvalue weighted by atomic mass is 16.5. The molecule has 0 fully saturated rings. The summed E-state index contributed by atoms with van der Waals surface area (Å²) in [7, 11) is 0. The van der Waals surface area contributed by atoms with E-state index in [1.165, 1.54) is 0 Å². The van der Waals surface area contributed by atoms with Gasteiger partial charge in [-0.1, -0.05) is 60.7 Å². The number of rotatable bonds is 11. The molecule has 3 N–H and O–H groups in total. The van der Waals surface area contributed by atoms with Gasteiger partial charge < -0.3 is 20.5 Å². The zero-order valence-electron chi connectivity index (χ0n) is 19.1. The van der Waals surface area contributed by atoms with E-state index in [0.29, 0.717) is 11.1 Å². The number of nitrogens with two attached hydrogens (primary N) is 1. The zero-order chi connectivity index (χ0) is 24.4. The molecule has 2 aromatic rings. The Bertz CT molecular complexity index is 922. The lowest BCUT2D eigenvalue weighted by Gasteiger charge is -2.32. The van der Waals surface area contributed by atoms with Gasteiger partial charge in [0.2, 0.25) is 11.8 Å². The molecule has 0 aliphatic heterocycles. The van der Waals surface area contributed by atoms with Crippen LogP contribution in [0.4, 0.5) is 0 Å². The Morgan fingerprint density at radius 1 is 0.879 bits per heavy atom. The van der Waals surface area contributed by atoms with Crippen LogP contribution in [-0.2, 0) is 34.1 Å². The van der Waals surface area contributed by atoms with Crippen LogP contribution in [0.25, 0.3) is 0 Å². The summed E-state index contributed by atoms with van der Waals surface area (Å²) in [4.78, 5) is 50.8. The Balaban J connectivity index is 2.47. The largest absolute Gasteiger partial charge is 0.466 e. The topological polar surface area (TPSA) is 125 Å². The minimum absolute atomic E-state index is 0.0311. The molecule has 2 rings (SSSR count). The second kappa shape index (κ2) is 11.8. The van der Waals surface area contributed by atoms with Crippen LogP contribution < -0.4 is 11.1 Å². The molecule has 8 heteroatoms. The molecule has 176 valence electrons. The molecular formula is C25H30N2O6. The highest BCUT2D eigenvalue weighted by molar-refractivity contribution is 5.97. The number of carbonyl (C=O) groups excluding carboxylic acids is 4. The fraction of sp³-hybridized carbons (Fsp3) is 0.360. The number of nitrogens with one attached hydrogen (secondary N) is 1. The first-order valence-electron chi connectivity index (χ1n) is 10.8. The number of hydrogen-bond donors (Lipinski definition) is 2. The summed E-state index contributed by atoms with van der Waals surface area (Å²) in [5.41, 5.74) is 5.72. The molecule has 0 unspecified atom stereocenters. The van der Waals surface area contributed by atoms with Crippen LogP contribution in [0.1, 0.15) is 38.3 Å². The normalized spacial score (nSPS) is 12.8. The molecule has 0 radical (unpaired) electrons. The van der Waals surface area contributed by atoms with E-state index in [9.17, 15) is 19.2 Å². The molecular weight excluding hydrogens is 424 g/mol. The van der Waals surface area contributed by atoms with E-state index in [1.54, 1.807) is 69.3 Å². The minimum atomic E-state index is -1.48. The maximum absolute atomic E-state index is 13.7. The zero-order valence-corrected chi connectivity index (χ0v) is 19.1. The van der Waals surface area contributed by atoms with E-state index in [0.717, 1.165) is 0 Å². The number of carbonyl (C=O) groups is 4. The monoisotopic (exact) mass is 454 g/mol. The number of ether oxygens (including phenoxy) is 2. The second-order valence-corrected chi connectivity index (χ2v) is 7.58. The number of benzene rings is 2. The molecule has 2 atom stereocenters. The standard InChI is InChI=1S/C25H30N2O6/c1-4-32-20(28)16-19(23(30)33-5-2)21(22(26)29)27-24(31)25(3,17-12-8-6-9-13-17)18-14-10-7-11-15-18/h6-15,19,21H,4-5,16H2,1-3H3,(H2,26,29)(H,27,31)/t19-,21-/m1/s1. The highest BCUT2D eigenvalue weighted by Gasteiger charge is 2.43. The van der Waals surface area contributed by atoms with Crippen LogP contribution >= 0.6 is 0 Å². The summed E-state index contributed by atoms with van der Waals surface area (Å²) in [5, 5.41) is 2.62. The minimum Gasteiger partial charge on any atom is -0.466 e. The van der Waals surface area contributed by atoms with Gasteiger partial charge in [-0.05, 0) is 31.9 Å². The SMILES string of the molecule is CCOC(=O)C[C@@H](C(=O)OCC)[C@@H](NC(=O)C(C)(c1ccccc1)c1ccccc1)C(N)=O. The third kappa shape index (κ3) is 6.19. The van der Waals surface area contributed by atoms with E-state index in [1.807, 2.05) is 12.1 Å². The molecule has 0 heterocycles. The van der Waals surface area contributed by atoms with E-state index < -0.39 is 47.5 Å². The first-order chi connectivity index (χ1) is 15.7. The molecule has 0 saturated heterocycles. The number of primary amides is 1. The maximum Gasteiger partial charge on any atom is 0.312 e. The van der Waals surface area contributed by atoms with E-state index in [2.05, 4.69) is 5.32 Å². The Kier molecular flexibility index (Phi) is 9.15. The lowest BCUT2D eigenvalue weighted by atomic mass is 9.75. The van der Waals surface area contributed by atoms with Crippen molar-refractivity contribution < 1.29 is 28.7 Å². The maximum atomic E-state index is 13.7. The van der Waals surface area contributed by atoms with Gasteiger partial charge >= 0.3 is 11.9 Å². The second-order valence-electron chi connectivity index (χ2n) is 7.58. The van der Waals surface area contributed by atoms with Gasteiger partial charge in [-0.15, -0.1) is 0 Å². The first-order valence-corrected chi connectivity index (χ1v) is 10.8. The van der Waals surface area contributed by atoms with Crippen molar-refractivity contribution in [1.29, 1.82) is 0 Å². The highest BCUT2D eigenvalue weighted by Crippen LogP contribution is 2.32. The molecule has 8 nitrogen and oxygen atoms in total. The van der Waals surface area contributed by atoms with Gasteiger partial charge in [0.25, 0.3) is 0 Å². The van der Waals surface area contributed by atoms with Crippen molar-refractivity contribution in [3.8, 4) is 0 Å². The van der Waals surface area contributed by atoms with Crippen molar-refractivity contribution in [3.05, 3.63) is 71.8 Å². The van der Waals surface area contributed by atoms with E-state index in [-0.39, 0.29) is 13.2 Å². The molecule has 0 aromatic heterocycles. The summed E-state index contributed by atoms with van der Waals surface area (Å²) in [6.07, 6.45) is -0.464. The molecule has 0 spiro atoms. The lowest BCUT2D eigenvalue weighted by Crippen LogP contribution is -2.56. The summed E-state index contributed by atoms with van der Waals surface area (Å²) in [6, 6.07) is 16.6. The average Bonchev–Trinajstić information content (AvgIpc) is 2.81. The Hall–Kier alpha value is -3.68. The molecule has 0 saturated carbocycles. The molecule has 0 aliphatic carbocycles. The van der Waals surface area contributed by atoms with Crippen molar-refractivity contribution in [2.75, 3.05) is 13.2 Å². The fourth-order valence-corrected chi connectivity index (χ4v) is 3.61. The Morgan fingerprint density at radius 3 is 1.79 bits per heavy atom. The first kappa shape index (κ1) is 25.6. The van der Waals surface area contributed by atoms with Gasteiger partial charge in [-0.3, -0.25) is 19.2 Å². The predicted octanol–water partition coefficient (Wildman–Crippen LogP) is 2.10. The average molecular weight is 455 g/mol. The molecule has 33 heavy (non-hydrogen) atoms. The summed E-state index contributed by atoms with van der Waals surface area (Å²) in [5.74, 6) is -4.38. The molecule has 0 aliphatic rings. The molecule has 0 bridgehead atoms. The van der Waals surface area contributed by atoms with Crippen molar-refractivity contribution >= 4 is 23.8 Å². The molecule has 2 amide bonds. The third-order valence-electron chi connectivity index (χ3n) is 5.43. The van der Waals surface area contributed by atoms with E-state index >= 15 is 0 Å². The summed E-state index contributed by atoms with van der Waals surface area (Å²) >= 11 is 0. The van der Waals surface area contributed by atoms with E-state index in [4.69, 9.17) is 15.2 Å². The third-order valence-corrected chi connectivity index (χ3v) is 5.43. The number of esters is 2. The quantitative estimate of drug-likeness (QED) is 0.501. The van der Waals surface area contributed by atoms with Gasteiger partial charge in [0, 0.05) is 0 Å². The number of amides is 2. The van der Waals surface area contributed by atoms with Gasteiger partial charge in [0.15, 0.2) is 0 Å². The smallest absolute Gasteiger partial charge is 0.312 e. The van der Waals surface area contributed by atoms with Gasteiger partial charge in [-0.2, -0.15) is 0 Å². The summed E-state index contributed by atoms with van der Waals surface area (Å²) in [6.45, 7) is 5.07. The summed E-state index contributed by atoms with van der Waals surface area (Å²) < 4.78 is 9.97. The van der Waals surface area contributed by atoms with Crippen molar-refractivity contribution in [2.45, 2.75) is 38.6 Å². The van der Waals surface area contributed by atoms with Crippen LogP contribution in [0, 0.1) is 5.92 Å². The van der Waals surface area contributed by atoms with Crippen LogP contribution in [-0.4, -0.2) is 43.0 Å².